The number of nitrogens with one attached hydrogen (secondary N) is 1. The van der Waals surface area contributed by atoms with Gasteiger partial charge in [0.05, 0.1) is 0 Å². The van der Waals surface area contributed by atoms with E-state index < -0.39 is 0 Å². The lowest BCUT2D eigenvalue weighted by Gasteiger charge is -2.28. The highest BCUT2D eigenvalue weighted by molar-refractivity contribution is 5.12. The van der Waals surface area contributed by atoms with Crippen LogP contribution in [0.3, 0.4) is 0 Å². The minimum absolute atomic E-state index is 0.414. The Balaban J connectivity index is 2.62. The lowest BCUT2D eigenvalue weighted by Crippen LogP contribution is -2.32. The molecule has 0 aromatic rings. The minimum atomic E-state index is 0.414. The number of allylic oxidation sites excluding steroid dienone is 1. The topological polar surface area (TPSA) is 12.0 Å². The molecule has 0 amide bonds. The molecule has 1 unspecified atom stereocenters. The monoisotopic (exact) mass is 223 g/mol. The summed E-state index contributed by atoms with van der Waals surface area (Å²) in [5.74, 6) is 0. The van der Waals surface area contributed by atoms with Crippen molar-refractivity contribution in [2.45, 2.75) is 71.8 Å². The first-order valence-corrected chi connectivity index (χ1v) is 6.89. The fraction of sp³-hybridized carbons (Fsp3) is 0.867. The summed E-state index contributed by atoms with van der Waals surface area (Å²) < 4.78 is 0. The van der Waals surface area contributed by atoms with Crippen LogP contribution in [-0.4, -0.2) is 13.1 Å². The fourth-order valence-corrected chi connectivity index (χ4v) is 2.56. The summed E-state index contributed by atoms with van der Waals surface area (Å²) in [7, 11) is 2.11. The number of rotatable bonds is 3. The fourth-order valence-electron chi connectivity index (χ4n) is 2.56. The van der Waals surface area contributed by atoms with Gasteiger partial charge in [-0.2, -0.15) is 0 Å². The smallest absolute Gasteiger partial charge is 0.0281 e. The van der Waals surface area contributed by atoms with Crippen LogP contribution < -0.4 is 5.32 Å². The lowest BCUT2D eigenvalue weighted by atomic mass is 9.83. The Kier molecular flexibility index (Phi) is 5.54. The zero-order valence-electron chi connectivity index (χ0n) is 11.6. The molecule has 0 aliphatic heterocycles. The van der Waals surface area contributed by atoms with Gasteiger partial charge in [0.2, 0.25) is 0 Å². The van der Waals surface area contributed by atoms with Gasteiger partial charge in [-0.25, -0.2) is 0 Å². The van der Waals surface area contributed by atoms with Gasteiger partial charge in [-0.05, 0) is 44.6 Å². The average molecular weight is 223 g/mol. The van der Waals surface area contributed by atoms with Gasteiger partial charge in [0.25, 0.3) is 0 Å². The SMILES string of the molecule is CNC(CC(C)(C)C)C1=CCCCCCC1. The highest BCUT2D eigenvalue weighted by atomic mass is 14.9. The highest BCUT2D eigenvalue weighted by Gasteiger charge is 2.20. The van der Waals surface area contributed by atoms with Crippen molar-refractivity contribution in [3.05, 3.63) is 11.6 Å². The van der Waals surface area contributed by atoms with E-state index in [1.54, 1.807) is 5.57 Å². The third-order valence-corrected chi connectivity index (χ3v) is 3.44. The third-order valence-electron chi connectivity index (χ3n) is 3.44. The first kappa shape index (κ1) is 13.8. The second kappa shape index (κ2) is 6.44. The molecule has 1 nitrogen and oxygen atoms in total. The zero-order chi connectivity index (χ0) is 12.0. The van der Waals surface area contributed by atoms with Crippen LogP contribution in [0.15, 0.2) is 11.6 Å². The van der Waals surface area contributed by atoms with E-state index in [1.807, 2.05) is 0 Å². The molecule has 1 atom stereocenters. The summed E-state index contributed by atoms with van der Waals surface area (Å²) in [6.07, 6.45) is 12.0. The highest BCUT2D eigenvalue weighted by Crippen LogP contribution is 2.27. The molecule has 1 rings (SSSR count). The molecule has 1 aliphatic rings. The van der Waals surface area contributed by atoms with E-state index in [0.29, 0.717) is 11.5 Å². The van der Waals surface area contributed by atoms with Crippen LogP contribution in [0, 0.1) is 5.41 Å². The molecule has 0 spiro atoms. The van der Waals surface area contributed by atoms with E-state index in [4.69, 9.17) is 0 Å². The maximum absolute atomic E-state index is 3.51. The molecule has 0 heterocycles. The van der Waals surface area contributed by atoms with Crippen LogP contribution >= 0.6 is 0 Å². The molecule has 16 heavy (non-hydrogen) atoms. The molecule has 0 radical (unpaired) electrons. The van der Waals surface area contributed by atoms with Gasteiger partial charge in [0.15, 0.2) is 0 Å². The Bertz CT molecular complexity index is 222. The zero-order valence-corrected chi connectivity index (χ0v) is 11.6. The van der Waals surface area contributed by atoms with Gasteiger partial charge < -0.3 is 5.32 Å². The standard InChI is InChI=1S/C15H29N/c1-15(2,3)12-14(16-4)13-10-8-6-5-7-9-11-13/h10,14,16H,5-9,11-12H2,1-4H3. The summed E-state index contributed by atoms with van der Waals surface area (Å²) in [6.45, 7) is 7.00. The summed E-state index contributed by atoms with van der Waals surface area (Å²) in [6, 6.07) is 0.595. The molecular weight excluding hydrogens is 194 g/mol. The van der Waals surface area contributed by atoms with Crippen LogP contribution in [0.1, 0.15) is 65.7 Å². The van der Waals surface area contributed by atoms with E-state index in [9.17, 15) is 0 Å². The number of hydrogen-bond acceptors (Lipinski definition) is 1. The van der Waals surface area contributed by atoms with Crippen molar-refractivity contribution < 1.29 is 0 Å². The van der Waals surface area contributed by atoms with Crippen molar-refractivity contribution >= 4 is 0 Å². The summed E-state index contributed by atoms with van der Waals surface area (Å²) in [5, 5.41) is 3.51. The Morgan fingerprint density at radius 1 is 1.19 bits per heavy atom. The molecule has 94 valence electrons. The summed E-state index contributed by atoms with van der Waals surface area (Å²) in [4.78, 5) is 0. The molecule has 0 aromatic heterocycles. The Labute approximate surface area is 102 Å². The van der Waals surface area contributed by atoms with E-state index >= 15 is 0 Å². The van der Waals surface area contributed by atoms with Gasteiger partial charge in [-0.1, -0.05) is 45.3 Å². The largest absolute Gasteiger partial charge is 0.313 e. The predicted octanol–water partition coefficient (Wildman–Crippen LogP) is 4.29. The number of likely N-dealkylation sites (N-methyl/N-ethyl adjacent to an activating group) is 1. The second-order valence-electron chi connectivity index (χ2n) is 6.34. The van der Waals surface area contributed by atoms with Gasteiger partial charge in [0.1, 0.15) is 0 Å². The molecular formula is C15H29N. The molecule has 0 bridgehead atoms. The predicted molar refractivity (Wildman–Crippen MR) is 72.7 cm³/mol. The Hall–Kier alpha value is -0.300. The van der Waals surface area contributed by atoms with Gasteiger partial charge in [-0.15, -0.1) is 0 Å². The van der Waals surface area contributed by atoms with Crippen molar-refractivity contribution in [2.75, 3.05) is 7.05 Å². The molecule has 0 saturated carbocycles. The van der Waals surface area contributed by atoms with E-state index in [2.05, 4.69) is 39.2 Å². The van der Waals surface area contributed by atoms with E-state index in [-0.39, 0.29) is 0 Å². The van der Waals surface area contributed by atoms with E-state index in [0.717, 1.165) is 0 Å². The van der Waals surface area contributed by atoms with Crippen molar-refractivity contribution in [3.8, 4) is 0 Å². The van der Waals surface area contributed by atoms with Gasteiger partial charge in [-0.3, -0.25) is 0 Å². The normalized spacial score (nSPS) is 20.9. The molecule has 0 aromatic carbocycles. The molecule has 0 fully saturated rings. The third kappa shape index (κ3) is 5.16. The van der Waals surface area contributed by atoms with Crippen molar-refractivity contribution in [1.82, 2.24) is 5.32 Å². The van der Waals surface area contributed by atoms with E-state index in [1.165, 1.54) is 44.9 Å². The lowest BCUT2D eigenvalue weighted by molar-refractivity contribution is 0.331. The molecule has 1 N–H and O–H groups in total. The van der Waals surface area contributed by atoms with Crippen LogP contribution in [-0.2, 0) is 0 Å². The summed E-state index contributed by atoms with van der Waals surface area (Å²) in [5.41, 5.74) is 2.08. The van der Waals surface area contributed by atoms with Crippen molar-refractivity contribution in [1.29, 1.82) is 0 Å². The van der Waals surface area contributed by atoms with Crippen LogP contribution in [0.25, 0.3) is 0 Å². The first-order valence-electron chi connectivity index (χ1n) is 6.89. The van der Waals surface area contributed by atoms with Crippen molar-refractivity contribution in [2.24, 2.45) is 5.41 Å². The van der Waals surface area contributed by atoms with Crippen LogP contribution in [0.4, 0.5) is 0 Å². The minimum Gasteiger partial charge on any atom is -0.313 e. The molecule has 1 aliphatic carbocycles. The second-order valence-corrected chi connectivity index (χ2v) is 6.34. The molecule has 1 heteroatoms. The number of hydrogen-bond donors (Lipinski definition) is 1. The van der Waals surface area contributed by atoms with Crippen LogP contribution in [0.5, 0.6) is 0 Å². The maximum atomic E-state index is 3.51. The van der Waals surface area contributed by atoms with Crippen molar-refractivity contribution in [3.63, 3.8) is 0 Å². The Morgan fingerprint density at radius 2 is 1.88 bits per heavy atom. The van der Waals surface area contributed by atoms with Crippen LogP contribution in [0.2, 0.25) is 0 Å². The molecule has 0 saturated heterocycles. The Morgan fingerprint density at radius 3 is 2.50 bits per heavy atom. The van der Waals surface area contributed by atoms with Gasteiger partial charge >= 0.3 is 0 Å². The maximum Gasteiger partial charge on any atom is 0.0281 e. The quantitative estimate of drug-likeness (QED) is 0.704. The first-order chi connectivity index (χ1) is 7.53. The summed E-state index contributed by atoms with van der Waals surface area (Å²) >= 11 is 0. The van der Waals surface area contributed by atoms with Gasteiger partial charge in [0, 0.05) is 6.04 Å². The average Bonchev–Trinajstić information content (AvgIpc) is 2.12.